The summed E-state index contributed by atoms with van der Waals surface area (Å²) in [6.07, 6.45) is 0.0698. The van der Waals surface area contributed by atoms with E-state index in [-0.39, 0.29) is 30.3 Å². The van der Waals surface area contributed by atoms with E-state index in [4.69, 9.17) is 4.74 Å². The van der Waals surface area contributed by atoms with E-state index in [1.54, 1.807) is 54.4 Å². The molecule has 3 aromatic rings. The van der Waals surface area contributed by atoms with Crippen LogP contribution in [0.25, 0.3) is 10.9 Å². The first kappa shape index (κ1) is 19.8. The third-order valence-electron chi connectivity index (χ3n) is 5.12. The van der Waals surface area contributed by atoms with Crippen LogP contribution in [0.3, 0.4) is 0 Å². The van der Waals surface area contributed by atoms with Gasteiger partial charge in [-0.05, 0) is 50.4 Å². The second kappa shape index (κ2) is 8.08. The van der Waals surface area contributed by atoms with E-state index < -0.39 is 6.04 Å². The van der Waals surface area contributed by atoms with Crippen molar-refractivity contribution in [2.45, 2.75) is 25.9 Å². The van der Waals surface area contributed by atoms with Gasteiger partial charge in [0.2, 0.25) is 5.91 Å². The van der Waals surface area contributed by atoms with Crippen LogP contribution in [0.1, 0.15) is 19.2 Å². The number of nitrogens with zero attached hydrogens (tertiary/aromatic N) is 3. The number of fused-ring (bicyclic) bond motifs is 1. The molecular weight excluding hydrogens is 384 g/mol. The molecule has 2 heterocycles. The molecule has 1 saturated heterocycles. The number of carbonyl (C=O) groups is 2. The van der Waals surface area contributed by atoms with Crippen LogP contribution in [-0.4, -0.2) is 46.4 Å². The fourth-order valence-electron chi connectivity index (χ4n) is 3.65. The summed E-state index contributed by atoms with van der Waals surface area (Å²) in [5, 5.41) is 0.512. The van der Waals surface area contributed by atoms with Crippen LogP contribution >= 0.6 is 0 Å². The van der Waals surface area contributed by atoms with Crippen molar-refractivity contribution in [1.82, 2.24) is 14.9 Å². The lowest BCUT2D eigenvalue weighted by atomic mass is 10.2. The number of carbonyl (C=O) groups excluding carboxylic acids is 2. The zero-order valence-corrected chi connectivity index (χ0v) is 16.8. The molecule has 1 aliphatic heterocycles. The van der Waals surface area contributed by atoms with E-state index in [9.17, 15) is 14.4 Å². The van der Waals surface area contributed by atoms with Gasteiger partial charge >= 0.3 is 0 Å². The van der Waals surface area contributed by atoms with Gasteiger partial charge in [-0.1, -0.05) is 12.1 Å². The highest BCUT2D eigenvalue weighted by atomic mass is 16.5. The highest BCUT2D eigenvalue weighted by Crippen LogP contribution is 2.27. The van der Waals surface area contributed by atoms with Crippen molar-refractivity contribution >= 4 is 28.4 Å². The number of nitrogens with one attached hydrogen (secondary N) is 1. The molecular formula is C22H22N4O4. The van der Waals surface area contributed by atoms with Crippen molar-refractivity contribution in [3.63, 3.8) is 0 Å². The Hall–Kier alpha value is -3.52. The predicted octanol–water partition coefficient (Wildman–Crippen LogP) is 2.09. The Morgan fingerprint density at radius 2 is 1.87 bits per heavy atom. The number of imide groups is 1. The average Bonchev–Trinajstić information content (AvgIpc) is 3.03. The maximum Gasteiger partial charge on any atom is 0.258 e. The van der Waals surface area contributed by atoms with Gasteiger partial charge in [-0.15, -0.1) is 0 Å². The van der Waals surface area contributed by atoms with Gasteiger partial charge in [0.25, 0.3) is 11.5 Å². The molecule has 0 aliphatic carbocycles. The quantitative estimate of drug-likeness (QED) is 0.630. The molecule has 2 aromatic carbocycles. The Kier molecular flexibility index (Phi) is 5.33. The number of likely N-dealkylation sites (N-methyl/N-ethyl adjacent to an activating group) is 1. The van der Waals surface area contributed by atoms with Gasteiger partial charge in [-0.3, -0.25) is 19.3 Å². The number of benzene rings is 2. The van der Waals surface area contributed by atoms with Gasteiger partial charge in [0.05, 0.1) is 42.2 Å². The van der Waals surface area contributed by atoms with E-state index in [1.807, 2.05) is 13.0 Å². The number of hydrogen-bond donors (Lipinski definition) is 1. The second-order valence-electron chi connectivity index (χ2n) is 7.16. The highest BCUT2D eigenvalue weighted by Gasteiger charge is 2.41. The number of para-hydroxylation sites is 1. The van der Waals surface area contributed by atoms with Crippen LogP contribution in [0.2, 0.25) is 0 Å². The Bertz CT molecular complexity index is 1160. The number of amides is 2. The van der Waals surface area contributed by atoms with E-state index in [0.717, 1.165) is 0 Å². The summed E-state index contributed by atoms with van der Waals surface area (Å²) in [5.41, 5.74) is 0.880. The maximum absolute atomic E-state index is 13.0. The van der Waals surface area contributed by atoms with Crippen LogP contribution in [-0.2, 0) is 16.1 Å². The van der Waals surface area contributed by atoms with Crippen LogP contribution in [0.4, 0.5) is 5.69 Å². The predicted molar refractivity (Wildman–Crippen MR) is 112 cm³/mol. The number of aromatic nitrogens is 2. The van der Waals surface area contributed by atoms with Crippen LogP contribution in [0.15, 0.2) is 53.3 Å². The minimum absolute atomic E-state index is 0.0698. The first-order valence-corrected chi connectivity index (χ1v) is 9.75. The lowest BCUT2D eigenvalue weighted by molar-refractivity contribution is -0.122. The molecule has 0 spiro atoms. The largest absolute Gasteiger partial charge is 0.494 e. The van der Waals surface area contributed by atoms with Crippen LogP contribution in [0, 0.1) is 0 Å². The van der Waals surface area contributed by atoms with Crippen LogP contribution < -0.4 is 15.2 Å². The van der Waals surface area contributed by atoms with Crippen molar-refractivity contribution in [2.24, 2.45) is 0 Å². The molecule has 4 rings (SSSR count). The summed E-state index contributed by atoms with van der Waals surface area (Å²) in [6, 6.07) is 13.3. The number of ether oxygens (including phenoxy) is 1. The molecule has 8 heteroatoms. The summed E-state index contributed by atoms with van der Waals surface area (Å²) in [5.74, 6) is 0.567. The average molecular weight is 406 g/mol. The fraction of sp³-hybridized carbons (Fsp3) is 0.273. The monoisotopic (exact) mass is 406 g/mol. The Balaban J connectivity index is 1.52. The zero-order chi connectivity index (χ0) is 21.3. The molecule has 1 aromatic heterocycles. The zero-order valence-electron chi connectivity index (χ0n) is 16.8. The standard InChI is InChI=1S/C22H22N4O4/c1-3-30-15-10-8-14(9-11-15)26-20(27)12-18(22(26)29)25(2)13-19-23-17-7-5-4-6-16(17)21(28)24-19/h4-11,18H,3,12-13H2,1-2H3,(H,23,24,28)/t18-/m0/s1. The van der Waals surface area contributed by atoms with Gasteiger partial charge in [0.15, 0.2) is 0 Å². The van der Waals surface area contributed by atoms with Gasteiger partial charge in [0, 0.05) is 0 Å². The van der Waals surface area contributed by atoms with Crippen molar-refractivity contribution in [2.75, 3.05) is 18.6 Å². The number of aromatic amines is 1. The van der Waals surface area contributed by atoms with E-state index in [1.165, 1.54) is 4.90 Å². The molecule has 30 heavy (non-hydrogen) atoms. The highest BCUT2D eigenvalue weighted by molar-refractivity contribution is 6.22. The Morgan fingerprint density at radius 3 is 2.60 bits per heavy atom. The number of rotatable bonds is 6. The van der Waals surface area contributed by atoms with E-state index >= 15 is 0 Å². The fourth-order valence-corrected chi connectivity index (χ4v) is 3.65. The van der Waals surface area contributed by atoms with E-state index in [0.29, 0.717) is 34.8 Å². The van der Waals surface area contributed by atoms with Crippen molar-refractivity contribution in [1.29, 1.82) is 0 Å². The van der Waals surface area contributed by atoms with Gasteiger partial charge in [-0.2, -0.15) is 0 Å². The summed E-state index contributed by atoms with van der Waals surface area (Å²) < 4.78 is 5.41. The lowest BCUT2D eigenvalue weighted by Gasteiger charge is -2.22. The minimum atomic E-state index is -0.624. The molecule has 1 N–H and O–H groups in total. The lowest BCUT2D eigenvalue weighted by Crippen LogP contribution is -2.40. The molecule has 0 radical (unpaired) electrons. The summed E-state index contributed by atoms with van der Waals surface area (Å²) in [4.78, 5) is 48.0. The first-order valence-electron chi connectivity index (χ1n) is 9.75. The Morgan fingerprint density at radius 1 is 1.13 bits per heavy atom. The molecule has 0 saturated carbocycles. The third kappa shape index (κ3) is 3.69. The topological polar surface area (TPSA) is 95.6 Å². The molecule has 0 unspecified atom stereocenters. The molecule has 2 amide bonds. The number of hydrogen-bond acceptors (Lipinski definition) is 6. The Labute approximate surface area is 173 Å². The third-order valence-corrected chi connectivity index (χ3v) is 5.12. The maximum atomic E-state index is 13.0. The summed E-state index contributed by atoms with van der Waals surface area (Å²) >= 11 is 0. The van der Waals surface area contributed by atoms with Crippen molar-refractivity contribution < 1.29 is 14.3 Å². The molecule has 1 atom stereocenters. The van der Waals surface area contributed by atoms with Crippen LogP contribution in [0.5, 0.6) is 5.75 Å². The SMILES string of the molecule is CCOc1ccc(N2C(=O)C[C@H](N(C)Cc3nc4ccccc4c(=O)[nH]3)C2=O)cc1. The molecule has 154 valence electrons. The van der Waals surface area contributed by atoms with E-state index in [2.05, 4.69) is 9.97 Å². The molecule has 1 fully saturated rings. The number of H-pyrrole nitrogens is 1. The van der Waals surface area contributed by atoms with Crippen molar-refractivity contribution in [3.05, 3.63) is 64.7 Å². The second-order valence-corrected chi connectivity index (χ2v) is 7.16. The summed E-state index contributed by atoms with van der Waals surface area (Å²) in [6.45, 7) is 2.67. The number of anilines is 1. The first-order chi connectivity index (χ1) is 14.5. The minimum Gasteiger partial charge on any atom is -0.494 e. The van der Waals surface area contributed by atoms with Gasteiger partial charge in [0.1, 0.15) is 11.6 Å². The molecule has 0 bridgehead atoms. The smallest absolute Gasteiger partial charge is 0.258 e. The van der Waals surface area contributed by atoms with Gasteiger partial charge < -0.3 is 9.72 Å². The molecule has 1 aliphatic rings. The van der Waals surface area contributed by atoms with Gasteiger partial charge in [-0.25, -0.2) is 9.88 Å². The molecule has 8 nitrogen and oxygen atoms in total. The normalized spacial score (nSPS) is 16.6. The van der Waals surface area contributed by atoms with Crippen molar-refractivity contribution in [3.8, 4) is 5.75 Å². The summed E-state index contributed by atoms with van der Waals surface area (Å²) in [7, 11) is 1.74.